The van der Waals surface area contributed by atoms with Gasteiger partial charge in [0.1, 0.15) is 0 Å². The van der Waals surface area contributed by atoms with Gasteiger partial charge in [-0.1, -0.05) is 126 Å². The molecule has 0 nitrogen and oxygen atoms in total. The monoisotopic (exact) mass is 492 g/mol. The zero-order chi connectivity index (χ0) is 26.7. The van der Waals surface area contributed by atoms with E-state index in [4.69, 9.17) is 0 Å². The van der Waals surface area contributed by atoms with Crippen molar-refractivity contribution in [2.45, 2.75) is 52.4 Å². The summed E-state index contributed by atoms with van der Waals surface area (Å²) in [7, 11) is 0. The standard InChI is InChI=1S/C38H36/c1-37(2,3)32-16-11-25(12-17-32)34-20-15-29-23-30-21-27-9-7-8-10-28(27)22-31(30)24-35(29)36(34)26-13-18-33(19-14-26)38(4,5)6/h7-24H,1-6H3. The Balaban J connectivity index is 1.63. The minimum Gasteiger partial charge on any atom is -0.0616 e. The van der Waals surface area contributed by atoms with Crippen molar-refractivity contribution in [2.24, 2.45) is 0 Å². The Morgan fingerprint density at radius 2 is 0.868 bits per heavy atom. The van der Waals surface area contributed by atoms with E-state index in [-0.39, 0.29) is 10.8 Å². The van der Waals surface area contributed by atoms with Crippen LogP contribution in [0.2, 0.25) is 0 Å². The van der Waals surface area contributed by atoms with Crippen LogP contribution in [0.3, 0.4) is 0 Å². The van der Waals surface area contributed by atoms with E-state index in [9.17, 15) is 0 Å². The molecule has 6 aromatic rings. The Morgan fingerprint density at radius 1 is 0.395 bits per heavy atom. The normalized spacial score (nSPS) is 12.5. The molecule has 188 valence electrons. The molecule has 0 aromatic heterocycles. The summed E-state index contributed by atoms with van der Waals surface area (Å²) in [5.74, 6) is 0. The van der Waals surface area contributed by atoms with Crippen LogP contribution in [0.5, 0.6) is 0 Å². The van der Waals surface area contributed by atoms with Gasteiger partial charge in [-0.2, -0.15) is 0 Å². The second-order valence-corrected chi connectivity index (χ2v) is 12.8. The zero-order valence-electron chi connectivity index (χ0n) is 23.4. The maximum absolute atomic E-state index is 2.40. The predicted molar refractivity (Wildman–Crippen MR) is 167 cm³/mol. The van der Waals surface area contributed by atoms with Gasteiger partial charge in [0.05, 0.1) is 0 Å². The van der Waals surface area contributed by atoms with Crippen molar-refractivity contribution in [1.82, 2.24) is 0 Å². The van der Waals surface area contributed by atoms with Crippen molar-refractivity contribution in [2.75, 3.05) is 0 Å². The number of rotatable bonds is 2. The Labute approximate surface area is 227 Å². The van der Waals surface area contributed by atoms with Gasteiger partial charge in [0.15, 0.2) is 0 Å². The SMILES string of the molecule is CC(C)(C)c1ccc(-c2ccc3cc4cc5ccccc5cc4cc3c2-c2ccc(C(C)(C)C)cc2)cc1. The van der Waals surface area contributed by atoms with Gasteiger partial charge in [-0.05, 0) is 101 Å². The molecule has 0 heteroatoms. The molecule has 0 aliphatic carbocycles. The highest BCUT2D eigenvalue weighted by Crippen LogP contribution is 2.41. The van der Waals surface area contributed by atoms with Crippen LogP contribution < -0.4 is 0 Å². The first-order chi connectivity index (χ1) is 18.1. The molecule has 0 bridgehead atoms. The van der Waals surface area contributed by atoms with Gasteiger partial charge in [-0.3, -0.25) is 0 Å². The number of hydrogen-bond donors (Lipinski definition) is 0. The van der Waals surface area contributed by atoms with E-state index in [2.05, 4.69) is 151 Å². The Bertz CT molecular complexity index is 1790. The van der Waals surface area contributed by atoms with Gasteiger partial charge in [0.25, 0.3) is 0 Å². The third-order valence-electron chi connectivity index (χ3n) is 7.94. The molecule has 6 rings (SSSR count). The fraction of sp³-hybridized carbons (Fsp3) is 0.211. The summed E-state index contributed by atoms with van der Waals surface area (Å²) >= 11 is 0. The highest BCUT2D eigenvalue weighted by Gasteiger charge is 2.18. The lowest BCUT2D eigenvalue weighted by Gasteiger charge is -2.21. The van der Waals surface area contributed by atoms with Crippen molar-refractivity contribution in [3.63, 3.8) is 0 Å². The Kier molecular flexibility index (Phi) is 5.69. The lowest BCUT2D eigenvalue weighted by atomic mass is 9.83. The third-order valence-corrected chi connectivity index (χ3v) is 7.94. The summed E-state index contributed by atoms with van der Waals surface area (Å²) < 4.78 is 0. The molecule has 6 aromatic carbocycles. The van der Waals surface area contributed by atoms with E-state index in [0.29, 0.717) is 0 Å². The first-order valence-corrected chi connectivity index (χ1v) is 13.7. The molecule has 0 radical (unpaired) electrons. The van der Waals surface area contributed by atoms with Crippen molar-refractivity contribution in [1.29, 1.82) is 0 Å². The largest absolute Gasteiger partial charge is 0.0616 e. The summed E-state index contributed by atoms with van der Waals surface area (Å²) in [4.78, 5) is 0. The first-order valence-electron chi connectivity index (χ1n) is 13.7. The minimum atomic E-state index is 0.125. The van der Waals surface area contributed by atoms with E-state index in [1.54, 1.807) is 0 Å². The van der Waals surface area contributed by atoms with Crippen LogP contribution in [-0.2, 0) is 10.8 Å². The second kappa shape index (κ2) is 8.84. The van der Waals surface area contributed by atoms with E-state index in [1.165, 1.54) is 65.7 Å². The summed E-state index contributed by atoms with van der Waals surface area (Å²) in [5.41, 5.74) is 8.08. The van der Waals surface area contributed by atoms with E-state index in [0.717, 1.165) is 0 Å². The van der Waals surface area contributed by atoms with Crippen molar-refractivity contribution < 1.29 is 0 Å². The third kappa shape index (κ3) is 4.39. The molecule has 0 N–H and O–H groups in total. The highest BCUT2D eigenvalue weighted by atomic mass is 14.2. The average molecular weight is 493 g/mol. The molecule has 0 saturated carbocycles. The maximum atomic E-state index is 2.40. The van der Waals surface area contributed by atoms with Crippen molar-refractivity contribution in [3.8, 4) is 22.3 Å². The molecule has 0 amide bonds. The average Bonchev–Trinajstić information content (AvgIpc) is 2.89. The van der Waals surface area contributed by atoms with Crippen LogP contribution >= 0.6 is 0 Å². The molecule has 0 fully saturated rings. The lowest BCUT2D eigenvalue weighted by molar-refractivity contribution is 0.590. The van der Waals surface area contributed by atoms with Gasteiger partial charge in [-0.15, -0.1) is 0 Å². The summed E-state index contributed by atoms with van der Waals surface area (Å²) in [5, 5.41) is 7.71. The van der Waals surface area contributed by atoms with Crippen molar-refractivity contribution in [3.05, 3.63) is 120 Å². The van der Waals surface area contributed by atoms with Crippen LogP contribution in [0.25, 0.3) is 54.6 Å². The zero-order valence-corrected chi connectivity index (χ0v) is 23.4. The van der Waals surface area contributed by atoms with Crippen LogP contribution in [0, 0.1) is 0 Å². The molecule has 0 atom stereocenters. The maximum Gasteiger partial charge on any atom is -0.00266 e. The van der Waals surface area contributed by atoms with Crippen LogP contribution in [0.15, 0.2) is 109 Å². The molecule has 0 aliphatic rings. The van der Waals surface area contributed by atoms with Gasteiger partial charge < -0.3 is 0 Å². The summed E-state index contributed by atoms with van der Waals surface area (Å²) in [6.07, 6.45) is 0. The number of benzene rings is 6. The van der Waals surface area contributed by atoms with E-state index in [1.807, 2.05) is 0 Å². The lowest BCUT2D eigenvalue weighted by Crippen LogP contribution is -2.10. The molecular formula is C38H36. The molecular weight excluding hydrogens is 456 g/mol. The van der Waals surface area contributed by atoms with Crippen LogP contribution in [0.4, 0.5) is 0 Å². The topological polar surface area (TPSA) is 0 Å². The molecule has 38 heavy (non-hydrogen) atoms. The molecule has 0 unspecified atom stereocenters. The first kappa shape index (κ1) is 24.4. The summed E-state index contributed by atoms with van der Waals surface area (Å²) in [6.45, 7) is 13.6. The summed E-state index contributed by atoms with van der Waals surface area (Å²) in [6, 6.07) is 41.1. The molecule has 0 saturated heterocycles. The van der Waals surface area contributed by atoms with E-state index < -0.39 is 0 Å². The number of hydrogen-bond acceptors (Lipinski definition) is 0. The fourth-order valence-corrected chi connectivity index (χ4v) is 5.60. The smallest absolute Gasteiger partial charge is 0.00266 e. The van der Waals surface area contributed by atoms with Gasteiger partial charge in [0.2, 0.25) is 0 Å². The van der Waals surface area contributed by atoms with Gasteiger partial charge >= 0.3 is 0 Å². The van der Waals surface area contributed by atoms with Crippen LogP contribution in [0.1, 0.15) is 52.7 Å². The van der Waals surface area contributed by atoms with Gasteiger partial charge in [-0.25, -0.2) is 0 Å². The Hall–Kier alpha value is -3.90. The second-order valence-electron chi connectivity index (χ2n) is 12.8. The Morgan fingerprint density at radius 3 is 1.39 bits per heavy atom. The van der Waals surface area contributed by atoms with E-state index >= 15 is 0 Å². The quantitative estimate of drug-likeness (QED) is 0.211. The molecule has 0 spiro atoms. The highest BCUT2D eigenvalue weighted by molar-refractivity contribution is 6.11. The molecule has 0 heterocycles. The van der Waals surface area contributed by atoms with Crippen LogP contribution in [-0.4, -0.2) is 0 Å². The van der Waals surface area contributed by atoms with Gasteiger partial charge in [0, 0.05) is 0 Å². The molecule has 0 aliphatic heterocycles. The fourth-order valence-electron chi connectivity index (χ4n) is 5.60. The predicted octanol–water partition coefficient (Wildman–Crippen LogP) is 11.1. The van der Waals surface area contributed by atoms with Crippen molar-refractivity contribution >= 4 is 32.3 Å². The minimum absolute atomic E-state index is 0.125. The number of fused-ring (bicyclic) bond motifs is 3.